The lowest BCUT2D eigenvalue weighted by Gasteiger charge is -2.24. The molecule has 1 aliphatic heterocycles. The molecule has 0 spiro atoms. The quantitative estimate of drug-likeness (QED) is 0.808. The minimum Gasteiger partial charge on any atom is -0.493 e. The molecule has 1 amide bonds. The molecule has 1 heterocycles. The molecule has 1 saturated heterocycles. The molecule has 0 aliphatic carbocycles. The van der Waals surface area contributed by atoms with Gasteiger partial charge in [-0.05, 0) is 53.9 Å². The topological polar surface area (TPSA) is 59.6 Å². The van der Waals surface area contributed by atoms with E-state index >= 15 is 0 Å². The lowest BCUT2D eigenvalue weighted by molar-refractivity contribution is 0.0930. The van der Waals surface area contributed by atoms with Gasteiger partial charge in [0.15, 0.2) is 11.5 Å². The summed E-state index contributed by atoms with van der Waals surface area (Å²) in [6.45, 7) is 4.49. The van der Waals surface area contributed by atoms with Crippen molar-refractivity contribution in [2.45, 2.75) is 32.2 Å². The van der Waals surface area contributed by atoms with Crippen LogP contribution in [0.25, 0.3) is 0 Å². The second-order valence-electron chi connectivity index (χ2n) is 5.35. The largest absolute Gasteiger partial charge is 0.493 e. The van der Waals surface area contributed by atoms with Crippen LogP contribution >= 0.6 is 15.9 Å². The smallest absolute Gasteiger partial charge is 0.251 e. The maximum absolute atomic E-state index is 12.4. The Bertz CT molecular complexity index is 516. The minimum absolute atomic E-state index is 0.0882. The van der Waals surface area contributed by atoms with Gasteiger partial charge in [-0.1, -0.05) is 6.92 Å². The van der Waals surface area contributed by atoms with Crippen molar-refractivity contribution in [3.8, 4) is 11.5 Å². The predicted molar refractivity (Wildman–Crippen MR) is 89.8 cm³/mol. The summed E-state index contributed by atoms with van der Waals surface area (Å²) in [6, 6.07) is 3.68. The van der Waals surface area contributed by atoms with Gasteiger partial charge < -0.3 is 20.1 Å². The number of piperidine rings is 1. The van der Waals surface area contributed by atoms with Gasteiger partial charge >= 0.3 is 0 Å². The number of hydrogen-bond donors (Lipinski definition) is 2. The van der Waals surface area contributed by atoms with E-state index in [1.54, 1.807) is 19.2 Å². The van der Waals surface area contributed by atoms with Crippen molar-refractivity contribution in [3.05, 3.63) is 22.2 Å². The minimum atomic E-state index is -0.0882. The number of ether oxygens (including phenoxy) is 2. The SMILES string of the molecule is CCCOc1c(Br)cc(C(=O)N[C@H]2CCCNC2)cc1OC. The molecule has 1 aromatic carbocycles. The first-order valence-corrected chi connectivity index (χ1v) is 8.47. The number of hydrogen-bond acceptors (Lipinski definition) is 4. The van der Waals surface area contributed by atoms with Crippen LogP contribution in [0, 0.1) is 0 Å². The van der Waals surface area contributed by atoms with Gasteiger partial charge in [-0.15, -0.1) is 0 Å². The molecule has 0 unspecified atom stereocenters. The highest BCUT2D eigenvalue weighted by Gasteiger charge is 2.19. The van der Waals surface area contributed by atoms with Crippen molar-refractivity contribution in [2.75, 3.05) is 26.8 Å². The molecule has 122 valence electrons. The zero-order valence-corrected chi connectivity index (χ0v) is 14.7. The average Bonchev–Trinajstić information content (AvgIpc) is 2.54. The molecular formula is C16H23BrN2O3. The first-order valence-electron chi connectivity index (χ1n) is 7.67. The summed E-state index contributed by atoms with van der Waals surface area (Å²) in [4.78, 5) is 12.4. The van der Waals surface area contributed by atoms with Crippen molar-refractivity contribution < 1.29 is 14.3 Å². The number of amides is 1. The van der Waals surface area contributed by atoms with Gasteiger partial charge in [-0.25, -0.2) is 0 Å². The maximum Gasteiger partial charge on any atom is 0.251 e. The number of nitrogens with one attached hydrogen (secondary N) is 2. The van der Waals surface area contributed by atoms with Crippen LogP contribution < -0.4 is 20.1 Å². The standard InChI is InChI=1S/C16H23BrN2O3/c1-3-7-22-15-13(17)8-11(9-14(15)21-2)16(20)19-12-5-4-6-18-10-12/h8-9,12,18H,3-7,10H2,1-2H3,(H,19,20)/t12-/m0/s1. The summed E-state index contributed by atoms with van der Waals surface area (Å²) in [5.74, 6) is 1.12. The summed E-state index contributed by atoms with van der Waals surface area (Å²) >= 11 is 3.47. The lowest BCUT2D eigenvalue weighted by atomic mass is 10.1. The molecule has 6 heteroatoms. The molecule has 0 bridgehead atoms. The Morgan fingerprint density at radius 1 is 1.50 bits per heavy atom. The third kappa shape index (κ3) is 4.36. The monoisotopic (exact) mass is 370 g/mol. The van der Waals surface area contributed by atoms with Crippen LogP contribution in [0.5, 0.6) is 11.5 Å². The van der Waals surface area contributed by atoms with Gasteiger partial charge in [-0.2, -0.15) is 0 Å². The van der Waals surface area contributed by atoms with Crippen LogP contribution in [-0.4, -0.2) is 38.8 Å². The molecular weight excluding hydrogens is 348 g/mol. The Hall–Kier alpha value is -1.27. The Kier molecular flexibility index (Phi) is 6.51. The van der Waals surface area contributed by atoms with Gasteiger partial charge in [0.1, 0.15) is 0 Å². The Morgan fingerprint density at radius 3 is 2.95 bits per heavy atom. The van der Waals surface area contributed by atoms with E-state index in [1.165, 1.54) is 0 Å². The molecule has 0 radical (unpaired) electrons. The number of carbonyl (C=O) groups is 1. The van der Waals surface area contributed by atoms with Crippen LogP contribution in [0.2, 0.25) is 0 Å². The van der Waals surface area contributed by atoms with Crippen LogP contribution in [0.15, 0.2) is 16.6 Å². The molecule has 0 saturated carbocycles. The summed E-state index contributed by atoms with van der Waals surface area (Å²) in [5, 5.41) is 6.35. The molecule has 1 atom stereocenters. The highest BCUT2D eigenvalue weighted by Crippen LogP contribution is 2.36. The van der Waals surface area contributed by atoms with E-state index in [4.69, 9.17) is 9.47 Å². The highest BCUT2D eigenvalue weighted by atomic mass is 79.9. The van der Waals surface area contributed by atoms with Gasteiger partial charge in [0.2, 0.25) is 0 Å². The molecule has 22 heavy (non-hydrogen) atoms. The van der Waals surface area contributed by atoms with Gasteiger partial charge in [0, 0.05) is 18.2 Å². The fourth-order valence-electron chi connectivity index (χ4n) is 2.44. The van der Waals surface area contributed by atoms with Gasteiger partial charge in [0.25, 0.3) is 5.91 Å². The van der Waals surface area contributed by atoms with E-state index in [2.05, 4.69) is 26.6 Å². The molecule has 2 N–H and O–H groups in total. The molecule has 0 aromatic heterocycles. The van der Waals surface area contributed by atoms with Crippen LogP contribution in [0.3, 0.4) is 0 Å². The van der Waals surface area contributed by atoms with E-state index < -0.39 is 0 Å². The number of methoxy groups -OCH3 is 1. The van der Waals surface area contributed by atoms with E-state index in [1.807, 2.05) is 6.92 Å². The third-order valence-electron chi connectivity index (χ3n) is 3.57. The lowest BCUT2D eigenvalue weighted by Crippen LogP contribution is -2.45. The van der Waals surface area contributed by atoms with Gasteiger partial charge in [-0.3, -0.25) is 4.79 Å². The van der Waals surface area contributed by atoms with Crippen molar-refractivity contribution in [1.82, 2.24) is 10.6 Å². The van der Waals surface area contributed by atoms with E-state index in [-0.39, 0.29) is 11.9 Å². The third-order valence-corrected chi connectivity index (χ3v) is 4.16. The van der Waals surface area contributed by atoms with Crippen LogP contribution in [-0.2, 0) is 0 Å². The number of halogens is 1. The highest BCUT2D eigenvalue weighted by molar-refractivity contribution is 9.10. The molecule has 5 nitrogen and oxygen atoms in total. The second-order valence-corrected chi connectivity index (χ2v) is 6.21. The zero-order valence-electron chi connectivity index (χ0n) is 13.1. The van der Waals surface area contributed by atoms with Crippen LogP contribution in [0.4, 0.5) is 0 Å². The number of carbonyl (C=O) groups excluding carboxylic acids is 1. The number of rotatable bonds is 6. The van der Waals surface area contributed by atoms with Gasteiger partial charge in [0.05, 0.1) is 18.2 Å². The summed E-state index contributed by atoms with van der Waals surface area (Å²) in [5.41, 5.74) is 0.568. The first kappa shape index (κ1) is 17.1. The Morgan fingerprint density at radius 2 is 2.32 bits per heavy atom. The second kappa shape index (κ2) is 8.39. The molecule has 1 aromatic rings. The zero-order chi connectivity index (χ0) is 15.9. The summed E-state index contributed by atoms with van der Waals surface area (Å²) in [7, 11) is 1.58. The Labute approximate surface area is 139 Å². The van der Waals surface area contributed by atoms with Crippen molar-refractivity contribution in [2.24, 2.45) is 0 Å². The first-order chi connectivity index (χ1) is 10.7. The normalized spacial score (nSPS) is 17.9. The average molecular weight is 371 g/mol. The molecule has 1 aliphatic rings. The van der Waals surface area contributed by atoms with E-state index in [0.717, 1.165) is 36.8 Å². The van der Waals surface area contributed by atoms with Crippen LogP contribution in [0.1, 0.15) is 36.5 Å². The maximum atomic E-state index is 12.4. The fraction of sp³-hybridized carbons (Fsp3) is 0.562. The Balaban J connectivity index is 2.12. The summed E-state index contributed by atoms with van der Waals surface area (Å²) < 4.78 is 11.8. The fourth-order valence-corrected chi connectivity index (χ4v) is 3.00. The summed E-state index contributed by atoms with van der Waals surface area (Å²) in [6.07, 6.45) is 3.00. The number of benzene rings is 1. The van der Waals surface area contributed by atoms with Crippen molar-refractivity contribution in [3.63, 3.8) is 0 Å². The van der Waals surface area contributed by atoms with E-state index in [9.17, 15) is 4.79 Å². The van der Waals surface area contributed by atoms with Crippen molar-refractivity contribution in [1.29, 1.82) is 0 Å². The predicted octanol–water partition coefficient (Wildman–Crippen LogP) is 2.73. The van der Waals surface area contributed by atoms with Crippen molar-refractivity contribution >= 4 is 21.8 Å². The van der Waals surface area contributed by atoms with E-state index in [0.29, 0.717) is 23.7 Å². The molecule has 2 rings (SSSR count). The molecule has 1 fully saturated rings.